The van der Waals surface area contributed by atoms with Gasteiger partial charge in [0, 0.05) is 19.4 Å². The Balaban J connectivity index is 2.23. The second-order valence-corrected chi connectivity index (χ2v) is 5.82. The molecule has 1 aromatic rings. The van der Waals surface area contributed by atoms with Crippen LogP contribution in [0.2, 0.25) is 0 Å². The van der Waals surface area contributed by atoms with E-state index >= 15 is 0 Å². The van der Waals surface area contributed by atoms with Gasteiger partial charge in [0.1, 0.15) is 11.9 Å². The smallest absolute Gasteiger partial charge is 0.277 e. The van der Waals surface area contributed by atoms with Crippen LogP contribution in [0.25, 0.3) is 0 Å². The molecular weight excluding hydrogens is 318 g/mol. The Labute approximate surface area is 138 Å². The quantitative estimate of drug-likeness (QED) is 0.437. The average Bonchev–Trinajstić information content (AvgIpc) is 2.96. The summed E-state index contributed by atoms with van der Waals surface area (Å²) in [5, 5.41) is 24.9. The van der Waals surface area contributed by atoms with Crippen LogP contribution in [-0.2, 0) is 9.53 Å². The third-order valence-corrected chi connectivity index (χ3v) is 3.73. The van der Waals surface area contributed by atoms with Gasteiger partial charge in [-0.2, -0.15) is 4.98 Å². The summed E-state index contributed by atoms with van der Waals surface area (Å²) in [4.78, 5) is 32.0. The van der Waals surface area contributed by atoms with Crippen molar-refractivity contribution in [3.63, 3.8) is 0 Å². The van der Waals surface area contributed by atoms with E-state index in [1.807, 2.05) is 0 Å². The second-order valence-electron chi connectivity index (χ2n) is 5.82. The minimum Gasteiger partial charge on any atom is -0.394 e. The molecule has 0 saturated heterocycles. The molecule has 0 spiro atoms. The predicted octanol–water partition coefficient (Wildman–Crippen LogP) is -0.730. The summed E-state index contributed by atoms with van der Waals surface area (Å²) in [5.41, 5.74) is -0.228. The number of aliphatic hydroxyl groups is 2. The van der Waals surface area contributed by atoms with E-state index in [1.165, 1.54) is 12.0 Å². The molecular formula is C14H23N5O5. The van der Waals surface area contributed by atoms with Gasteiger partial charge in [-0.25, -0.2) is 0 Å². The fourth-order valence-corrected chi connectivity index (χ4v) is 2.24. The van der Waals surface area contributed by atoms with Crippen LogP contribution in [0, 0.1) is 5.92 Å². The number of nitrogens with one attached hydrogen (secondary N) is 3. The zero-order chi connectivity index (χ0) is 17.9. The minimum absolute atomic E-state index is 0.0174. The molecule has 1 unspecified atom stereocenters. The summed E-state index contributed by atoms with van der Waals surface area (Å²) >= 11 is 0. The van der Waals surface area contributed by atoms with E-state index < -0.39 is 17.9 Å². The van der Waals surface area contributed by atoms with Crippen molar-refractivity contribution in [2.24, 2.45) is 5.92 Å². The Morgan fingerprint density at radius 2 is 2.21 bits per heavy atom. The number of ether oxygens (including phenoxy) is 1. The molecule has 0 fully saturated rings. The van der Waals surface area contributed by atoms with Crippen molar-refractivity contribution in [2.75, 3.05) is 35.9 Å². The van der Waals surface area contributed by atoms with E-state index in [9.17, 15) is 14.7 Å². The highest BCUT2D eigenvalue weighted by molar-refractivity contribution is 5.90. The molecule has 0 aliphatic carbocycles. The highest BCUT2D eigenvalue weighted by atomic mass is 16.5. The Hall–Kier alpha value is -2.17. The molecule has 10 heteroatoms. The summed E-state index contributed by atoms with van der Waals surface area (Å²) in [5.74, 6) is -0.298. The minimum atomic E-state index is -1.01. The Morgan fingerprint density at radius 1 is 1.50 bits per heavy atom. The summed E-state index contributed by atoms with van der Waals surface area (Å²) in [6.07, 6.45) is -1.42. The van der Waals surface area contributed by atoms with E-state index in [-0.39, 0.29) is 49.0 Å². The first-order chi connectivity index (χ1) is 11.4. The number of aliphatic hydroxyl groups excluding tert-OH is 2. The molecule has 1 aromatic heterocycles. The normalized spacial score (nSPS) is 15.8. The van der Waals surface area contributed by atoms with Gasteiger partial charge < -0.3 is 25.2 Å². The Morgan fingerprint density at radius 3 is 2.79 bits per heavy atom. The van der Waals surface area contributed by atoms with Gasteiger partial charge in [-0.15, -0.1) is 0 Å². The molecule has 2 heterocycles. The third-order valence-electron chi connectivity index (χ3n) is 3.73. The number of aromatic nitrogens is 2. The summed E-state index contributed by atoms with van der Waals surface area (Å²) in [6, 6.07) is 0. The van der Waals surface area contributed by atoms with Gasteiger partial charge in [-0.05, 0) is 0 Å². The number of carbonyl (C=O) groups is 1. The van der Waals surface area contributed by atoms with Crippen molar-refractivity contribution >= 4 is 23.4 Å². The standard InChI is InChI=1S/C14H23N5O5/c1-7(2)12(22)17-14-16-11-10(13(23)18-14)15-6-19(11)9(21)4-8(5-20)24-3/h7-9,15,20-21H,4-6H2,1-3H3,(H2,16,17,18,22,23)/t8?,9-/m1/s1. The molecule has 0 saturated carbocycles. The maximum atomic E-state index is 12.1. The van der Waals surface area contributed by atoms with Crippen LogP contribution in [0.5, 0.6) is 0 Å². The van der Waals surface area contributed by atoms with Crippen molar-refractivity contribution in [1.82, 2.24) is 9.97 Å². The van der Waals surface area contributed by atoms with Crippen molar-refractivity contribution in [3.05, 3.63) is 10.4 Å². The number of carbonyl (C=O) groups excluding carboxylic acids is 1. The Bertz CT molecular complexity index is 643. The number of aromatic amines is 1. The molecule has 24 heavy (non-hydrogen) atoms. The van der Waals surface area contributed by atoms with Gasteiger partial charge >= 0.3 is 0 Å². The lowest BCUT2D eigenvalue weighted by Crippen LogP contribution is -2.39. The fourth-order valence-electron chi connectivity index (χ4n) is 2.24. The van der Waals surface area contributed by atoms with Crippen LogP contribution in [0.15, 0.2) is 4.79 Å². The molecule has 1 aliphatic heterocycles. The Kier molecular flexibility index (Phi) is 5.75. The first kappa shape index (κ1) is 18.2. The van der Waals surface area contributed by atoms with Crippen molar-refractivity contribution in [2.45, 2.75) is 32.6 Å². The zero-order valence-electron chi connectivity index (χ0n) is 13.9. The van der Waals surface area contributed by atoms with E-state index in [0.717, 1.165) is 0 Å². The molecule has 0 aromatic carbocycles. The number of fused-ring (bicyclic) bond motifs is 1. The number of rotatable bonds is 7. The molecule has 134 valence electrons. The van der Waals surface area contributed by atoms with Crippen LogP contribution in [-0.4, -0.2) is 58.8 Å². The van der Waals surface area contributed by atoms with Gasteiger partial charge in [0.2, 0.25) is 11.9 Å². The van der Waals surface area contributed by atoms with Crippen molar-refractivity contribution in [1.29, 1.82) is 0 Å². The largest absolute Gasteiger partial charge is 0.394 e. The lowest BCUT2D eigenvalue weighted by Gasteiger charge is -2.26. The predicted molar refractivity (Wildman–Crippen MR) is 87.8 cm³/mol. The molecule has 1 aliphatic rings. The number of nitrogens with zero attached hydrogens (tertiary/aromatic N) is 2. The van der Waals surface area contributed by atoms with Crippen LogP contribution >= 0.6 is 0 Å². The number of methoxy groups -OCH3 is 1. The maximum Gasteiger partial charge on any atom is 0.277 e. The van der Waals surface area contributed by atoms with Crippen LogP contribution < -0.4 is 21.1 Å². The van der Waals surface area contributed by atoms with Crippen molar-refractivity contribution in [3.8, 4) is 0 Å². The lowest BCUT2D eigenvalue weighted by molar-refractivity contribution is -0.118. The van der Waals surface area contributed by atoms with Crippen molar-refractivity contribution < 1.29 is 19.7 Å². The number of anilines is 3. The SMILES string of the molecule is COC(CO)C[C@@H](O)N1CNc2c1nc(NC(=O)C(C)C)[nH]c2=O. The molecule has 5 N–H and O–H groups in total. The summed E-state index contributed by atoms with van der Waals surface area (Å²) in [6.45, 7) is 3.38. The number of hydrogen-bond donors (Lipinski definition) is 5. The van der Waals surface area contributed by atoms with Gasteiger partial charge in [0.15, 0.2) is 5.82 Å². The van der Waals surface area contributed by atoms with Crippen LogP contribution in [0.4, 0.5) is 17.5 Å². The lowest BCUT2D eigenvalue weighted by atomic mass is 10.2. The average molecular weight is 341 g/mol. The van der Waals surface area contributed by atoms with E-state index in [1.54, 1.807) is 13.8 Å². The van der Waals surface area contributed by atoms with E-state index in [0.29, 0.717) is 0 Å². The molecule has 10 nitrogen and oxygen atoms in total. The van der Waals surface area contributed by atoms with Crippen LogP contribution in [0.1, 0.15) is 20.3 Å². The number of H-pyrrole nitrogens is 1. The third kappa shape index (κ3) is 3.83. The van der Waals surface area contributed by atoms with E-state index in [2.05, 4.69) is 20.6 Å². The molecule has 0 radical (unpaired) electrons. The maximum absolute atomic E-state index is 12.1. The molecule has 1 amide bonds. The highest BCUT2D eigenvalue weighted by Crippen LogP contribution is 2.28. The highest BCUT2D eigenvalue weighted by Gasteiger charge is 2.30. The van der Waals surface area contributed by atoms with Gasteiger partial charge in [-0.1, -0.05) is 13.8 Å². The summed E-state index contributed by atoms with van der Waals surface area (Å²) in [7, 11) is 1.44. The number of amides is 1. The number of hydrogen-bond acceptors (Lipinski definition) is 8. The zero-order valence-corrected chi connectivity index (χ0v) is 13.9. The van der Waals surface area contributed by atoms with E-state index in [4.69, 9.17) is 9.84 Å². The first-order valence-electron chi connectivity index (χ1n) is 7.64. The topological polar surface area (TPSA) is 140 Å². The first-order valence-corrected chi connectivity index (χ1v) is 7.64. The van der Waals surface area contributed by atoms with Gasteiger partial charge in [0.25, 0.3) is 5.56 Å². The van der Waals surface area contributed by atoms with Gasteiger partial charge in [0.05, 0.1) is 19.4 Å². The fraction of sp³-hybridized carbons (Fsp3) is 0.643. The summed E-state index contributed by atoms with van der Waals surface area (Å²) < 4.78 is 5.04. The molecule has 2 atom stereocenters. The second kappa shape index (κ2) is 7.60. The molecule has 2 rings (SSSR count). The molecule has 0 bridgehead atoms. The van der Waals surface area contributed by atoms with Crippen LogP contribution in [0.3, 0.4) is 0 Å². The van der Waals surface area contributed by atoms with Gasteiger partial charge in [-0.3, -0.25) is 19.9 Å². The monoisotopic (exact) mass is 341 g/mol.